The van der Waals surface area contributed by atoms with Crippen molar-refractivity contribution >= 4 is 9.84 Å². The largest absolute Gasteiger partial charge is 0.393 e. The first kappa shape index (κ1) is 13.0. The molecule has 1 rings (SSSR count). The zero-order valence-corrected chi connectivity index (χ0v) is 9.40. The smallest absolute Gasteiger partial charge is 0.224 e. The van der Waals surface area contributed by atoms with Crippen LogP contribution >= 0.6 is 0 Å². The Morgan fingerprint density at radius 1 is 1.12 bits per heavy atom. The van der Waals surface area contributed by atoms with Gasteiger partial charge in [-0.05, 0) is 17.7 Å². The van der Waals surface area contributed by atoms with Crippen LogP contribution in [0.25, 0.3) is 0 Å². The third-order valence-corrected chi connectivity index (χ3v) is 3.82. The zero-order valence-electron chi connectivity index (χ0n) is 8.58. The molecule has 0 N–H and O–H groups in total. The summed E-state index contributed by atoms with van der Waals surface area (Å²) in [6.45, 7) is 1.49. The van der Waals surface area contributed by atoms with Crippen molar-refractivity contribution in [2.75, 3.05) is 5.75 Å². The molecule has 16 heavy (non-hydrogen) atoms. The highest BCUT2D eigenvalue weighted by Crippen LogP contribution is 2.22. The van der Waals surface area contributed by atoms with E-state index >= 15 is 0 Å². The molecule has 0 atom stereocenters. The van der Waals surface area contributed by atoms with Crippen molar-refractivity contribution in [3.8, 4) is 0 Å². The number of rotatable bonds is 3. The molecule has 0 aliphatic carbocycles. The van der Waals surface area contributed by atoms with E-state index in [1.807, 2.05) is 0 Å². The monoisotopic (exact) mass is 252 g/mol. The standard InChI is InChI=1S/C10H11F3O2S/c1-2-16(14,15)9-5-3-8(4-6-9)7-10(11,12)13/h3-6H,2,7H2,1H3. The summed E-state index contributed by atoms with van der Waals surface area (Å²) in [4.78, 5) is 0.0564. The van der Waals surface area contributed by atoms with Crippen molar-refractivity contribution in [1.29, 1.82) is 0 Å². The molecule has 1 aromatic carbocycles. The fourth-order valence-corrected chi connectivity index (χ4v) is 2.10. The lowest BCUT2D eigenvalue weighted by molar-refractivity contribution is -0.127. The molecule has 0 aliphatic heterocycles. The van der Waals surface area contributed by atoms with Crippen LogP contribution < -0.4 is 0 Å². The second-order valence-electron chi connectivity index (χ2n) is 3.34. The zero-order chi connectivity index (χ0) is 12.4. The van der Waals surface area contributed by atoms with E-state index in [2.05, 4.69) is 0 Å². The van der Waals surface area contributed by atoms with Crippen LogP contribution in [0.5, 0.6) is 0 Å². The molecule has 0 aliphatic rings. The maximum absolute atomic E-state index is 12.0. The first-order valence-electron chi connectivity index (χ1n) is 4.63. The van der Waals surface area contributed by atoms with Gasteiger partial charge in [-0.1, -0.05) is 19.1 Å². The Balaban J connectivity index is 2.93. The Kier molecular flexibility index (Phi) is 3.62. The fourth-order valence-electron chi connectivity index (χ4n) is 1.21. The van der Waals surface area contributed by atoms with Crippen molar-refractivity contribution in [3.05, 3.63) is 29.8 Å². The fraction of sp³-hybridized carbons (Fsp3) is 0.400. The van der Waals surface area contributed by atoms with Gasteiger partial charge in [-0.15, -0.1) is 0 Å². The van der Waals surface area contributed by atoms with Crippen LogP contribution in [-0.4, -0.2) is 20.3 Å². The number of sulfone groups is 1. The maximum Gasteiger partial charge on any atom is 0.393 e. The second-order valence-corrected chi connectivity index (χ2v) is 5.62. The predicted octanol–water partition coefficient (Wildman–Crippen LogP) is 2.59. The van der Waals surface area contributed by atoms with Gasteiger partial charge in [-0.2, -0.15) is 13.2 Å². The van der Waals surface area contributed by atoms with Gasteiger partial charge in [0.25, 0.3) is 0 Å². The van der Waals surface area contributed by atoms with E-state index in [0.29, 0.717) is 0 Å². The normalized spacial score (nSPS) is 12.8. The molecule has 0 radical (unpaired) electrons. The highest BCUT2D eigenvalue weighted by Gasteiger charge is 2.27. The molecule has 0 saturated heterocycles. The third-order valence-electron chi connectivity index (χ3n) is 2.07. The Labute approximate surface area is 92.0 Å². The molecule has 90 valence electrons. The highest BCUT2D eigenvalue weighted by molar-refractivity contribution is 7.91. The summed E-state index contributed by atoms with van der Waals surface area (Å²) >= 11 is 0. The van der Waals surface area contributed by atoms with Crippen LogP contribution in [0.1, 0.15) is 12.5 Å². The second kappa shape index (κ2) is 4.45. The van der Waals surface area contributed by atoms with Gasteiger partial charge in [0, 0.05) is 0 Å². The van der Waals surface area contributed by atoms with Crippen molar-refractivity contribution < 1.29 is 21.6 Å². The summed E-state index contributed by atoms with van der Waals surface area (Å²) in [5, 5.41) is 0. The van der Waals surface area contributed by atoms with Crippen LogP contribution in [0.3, 0.4) is 0 Å². The van der Waals surface area contributed by atoms with Crippen molar-refractivity contribution in [3.63, 3.8) is 0 Å². The molecular weight excluding hydrogens is 241 g/mol. The molecule has 0 aromatic heterocycles. The van der Waals surface area contributed by atoms with E-state index in [1.165, 1.54) is 31.2 Å². The molecule has 0 spiro atoms. The Hall–Kier alpha value is -1.04. The summed E-state index contributed by atoms with van der Waals surface area (Å²) in [7, 11) is -3.34. The average Bonchev–Trinajstić information content (AvgIpc) is 2.16. The lowest BCUT2D eigenvalue weighted by atomic mass is 10.1. The maximum atomic E-state index is 12.0. The van der Waals surface area contributed by atoms with Crippen LogP contribution in [0, 0.1) is 0 Å². The molecule has 6 heteroatoms. The third kappa shape index (κ3) is 3.52. The Morgan fingerprint density at radius 3 is 2.00 bits per heavy atom. The molecule has 1 aromatic rings. The van der Waals surface area contributed by atoms with E-state index in [1.54, 1.807) is 0 Å². The number of alkyl halides is 3. The first-order valence-corrected chi connectivity index (χ1v) is 6.28. The van der Waals surface area contributed by atoms with Gasteiger partial charge in [0.2, 0.25) is 0 Å². The summed E-state index contributed by atoms with van der Waals surface area (Å²) in [6, 6.07) is 4.80. The van der Waals surface area contributed by atoms with Gasteiger partial charge in [0.15, 0.2) is 9.84 Å². The summed E-state index contributed by atoms with van der Waals surface area (Å²) in [5.41, 5.74) is 0.0579. The Bertz CT molecular complexity index is 446. The minimum absolute atomic E-state index is 0.0564. The number of halogens is 3. The van der Waals surface area contributed by atoms with Gasteiger partial charge in [0.1, 0.15) is 0 Å². The number of hydrogen-bond acceptors (Lipinski definition) is 2. The molecule has 0 saturated carbocycles. The van der Waals surface area contributed by atoms with E-state index < -0.39 is 22.4 Å². The average molecular weight is 252 g/mol. The molecule has 0 bridgehead atoms. The number of hydrogen-bond donors (Lipinski definition) is 0. The van der Waals surface area contributed by atoms with E-state index in [4.69, 9.17) is 0 Å². The van der Waals surface area contributed by atoms with E-state index in [-0.39, 0.29) is 16.2 Å². The summed E-state index contributed by atoms with van der Waals surface area (Å²) in [5.74, 6) is -0.0639. The molecule has 2 nitrogen and oxygen atoms in total. The summed E-state index contributed by atoms with van der Waals surface area (Å²) in [6.07, 6.45) is -5.31. The highest BCUT2D eigenvalue weighted by atomic mass is 32.2. The molecule has 0 amide bonds. The minimum atomic E-state index is -4.27. The quantitative estimate of drug-likeness (QED) is 0.828. The van der Waals surface area contributed by atoms with E-state index in [0.717, 1.165) is 0 Å². The summed E-state index contributed by atoms with van der Waals surface area (Å²) < 4.78 is 58.8. The van der Waals surface area contributed by atoms with Gasteiger partial charge in [-0.3, -0.25) is 0 Å². The molecule has 0 heterocycles. The van der Waals surface area contributed by atoms with Crippen LogP contribution in [0.15, 0.2) is 29.2 Å². The van der Waals surface area contributed by atoms with Crippen LogP contribution in [0.2, 0.25) is 0 Å². The van der Waals surface area contributed by atoms with Gasteiger partial charge < -0.3 is 0 Å². The lowest BCUT2D eigenvalue weighted by Crippen LogP contribution is -2.11. The number of benzene rings is 1. The van der Waals surface area contributed by atoms with Crippen molar-refractivity contribution in [1.82, 2.24) is 0 Å². The van der Waals surface area contributed by atoms with Crippen LogP contribution in [0.4, 0.5) is 13.2 Å². The topological polar surface area (TPSA) is 34.1 Å². The van der Waals surface area contributed by atoms with Gasteiger partial charge in [0.05, 0.1) is 17.1 Å². The van der Waals surface area contributed by atoms with Crippen LogP contribution in [-0.2, 0) is 16.3 Å². The predicted molar refractivity (Wildman–Crippen MR) is 53.9 cm³/mol. The molecule has 0 fully saturated rings. The van der Waals surface area contributed by atoms with Crippen molar-refractivity contribution in [2.24, 2.45) is 0 Å². The van der Waals surface area contributed by atoms with Gasteiger partial charge >= 0.3 is 6.18 Å². The minimum Gasteiger partial charge on any atom is -0.224 e. The van der Waals surface area contributed by atoms with E-state index in [9.17, 15) is 21.6 Å². The molecule has 0 unspecified atom stereocenters. The molecular formula is C10H11F3O2S. The Morgan fingerprint density at radius 2 is 1.62 bits per heavy atom. The lowest BCUT2D eigenvalue weighted by Gasteiger charge is -2.07. The first-order chi connectivity index (χ1) is 7.24. The van der Waals surface area contributed by atoms with Crippen molar-refractivity contribution in [2.45, 2.75) is 24.4 Å². The SMILES string of the molecule is CCS(=O)(=O)c1ccc(CC(F)(F)F)cc1. The van der Waals surface area contributed by atoms with Gasteiger partial charge in [-0.25, -0.2) is 8.42 Å².